The lowest BCUT2D eigenvalue weighted by Gasteiger charge is -2.08. The molecule has 120 valence electrons. The van der Waals surface area contributed by atoms with E-state index in [0.717, 1.165) is 22.6 Å². The van der Waals surface area contributed by atoms with E-state index >= 15 is 0 Å². The molecule has 2 aromatic rings. The summed E-state index contributed by atoms with van der Waals surface area (Å²) in [5.41, 5.74) is 2.56. The number of carbonyl (C=O) groups excluding carboxylic acids is 1. The largest absolute Gasteiger partial charge is 0.497 e. The molecule has 0 radical (unpaired) electrons. The Morgan fingerprint density at radius 3 is 1.91 bits per heavy atom. The summed E-state index contributed by atoms with van der Waals surface area (Å²) in [4.78, 5) is 15.9. The Bertz CT molecular complexity index is 675. The molecule has 0 aromatic heterocycles. The standard InChI is InChI=1S/C18H19NO4/c1-13(20)23-19-18(15-6-10-17(22-3)11-7-15)12-14-4-8-16(21-2)9-5-14/h4-11H,12H2,1-3H3/b19-18-. The molecule has 0 spiro atoms. The summed E-state index contributed by atoms with van der Waals surface area (Å²) < 4.78 is 10.3. The predicted molar refractivity (Wildman–Crippen MR) is 88.0 cm³/mol. The van der Waals surface area contributed by atoms with Crippen LogP contribution in [0.1, 0.15) is 18.1 Å². The third-order valence-corrected chi connectivity index (χ3v) is 3.24. The summed E-state index contributed by atoms with van der Waals surface area (Å²) in [6.07, 6.45) is 0.531. The van der Waals surface area contributed by atoms with Crippen molar-refractivity contribution in [3.63, 3.8) is 0 Å². The normalized spacial score (nSPS) is 11.0. The number of oxime groups is 1. The quantitative estimate of drug-likeness (QED) is 0.467. The highest BCUT2D eigenvalue weighted by molar-refractivity contribution is 6.01. The van der Waals surface area contributed by atoms with Crippen LogP contribution in [0.25, 0.3) is 0 Å². The number of ether oxygens (including phenoxy) is 2. The van der Waals surface area contributed by atoms with Gasteiger partial charge in [0.05, 0.1) is 19.9 Å². The first-order valence-electron chi connectivity index (χ1n) is 7.14. The molecule has 0 amide bonds. The summed E-state index contributed by atoms with van der Waals surface area (Å²) in [5, 5.41) is 3.98. The Hall–Kier alpha value is -2.82. The van der Waals surface area contributed by atoms with Crippen molar-refractivity contribution in [3.8, 4) is 11.5 Å². The summed E-state index contributed by atoms with van der Waals surface area (Å²) in [6.45, 7) is 1.32. The summed E-state index contributed by atoms with van der Waals surface area (Å²) in [5.74, 6) is 1.09. The smallest absolute Gasteiger partial charge is 0.331 e. The number of nitrogens with zero attached hydrogens (tertiary/aromatic N) is 1. The van der Waals surface area contributed by atoms with Crippen molar-refractivity contribution in [2.24, 2.45) is 5.16 Å². The fourth-order valence-electron chi connectivity index (χ4n) is 2.03. The van der Waals surface area contributed by atoms with Gasteiger partial charge in [-0.05, 0) is 47.5 Å². The van der Waals surface area contributed by atoms with Crippen molar-refractivity contribution in [3.05, 3.63) is 59.7 Å². The van der Waals surface area contributed by atoms with Gasteiger partial charge in [0.1, 0.15) is 11.5 Å². The first kappa shape index (κ1) is 16.5. The molecule has 0 bridgehead atoms. The minimum absolute atomic E-state index is 0.453. The molecule has 0 N–H and O–H groups in total. The predicted octanol–water partition coefficient (Wildman–Crippen LogP) is 3.21. The molecule has 0 atom stereocenters. The molecule has 0 saturated carbocycles. The van der Waals surface area contributed by atoms with Gasteiger partial charge < -0.3 is 14.3 Å². The Kier molecular flexibility index (Phi) is 5.74. The molecular formula is C18H19NO4. The number of methoxy groups -OCH3 is 2. The summed E-state index contributed by atoms with van der Waals surface area (Å²) in [7, 11) is 3.24. The van der Waals surface area contributed by atoms with E-state index in [2.05, 4.69) is 5.16 Å². The van der Waals surface area contributed by atoms with Crippen molar-refractivity contribution in [1.29, 1.82) is 0 Å². The third kappa shape index (κ3) is 4.85. The maximum Gasteiger partial charge on any atom is 0.331 e. The van der Waals surface area contributed by atoms with Crippen LogP contribution in [0, 0.1) is 0 Å². The Labute approximate surface area is 135 Å². The van der Waals surface area contributed by atoms with Crippen LogP contribution in [0.3, 0.4) is 0 Å². The third-order valence-electron chi connectivity index (χ3n) is 3.24. The maximum absolute atomic E-state index is 11.1. The highest BCUT2D eigenvalue weighted by Crippen LogP contribution is 2.17. The number of rotatable bonds is 6. The molecule has 0 aliphatic rings. The van der Waals surface area contributed by atoms with Gasteiger partial charge in [-0.2, -0.15) is 0 Å². The van der Waals surface area contributed by atoms with Crippen LogP contribution < -0.4 is 9.47 Å². The van der Waals surface area contributed by atoms with Crippen LogP contribution in [0.2, 0.25) is 0 Å². The SMILES string of the molecule is COc1ccc(C/C(=N/OC(C)=O)c2ccc(OC)cc2)cc1. The minimum atomic E-state index is -0.453. The van der Waals surface area contributed by atoms with Gasteiger partial charge in [0.15, 0.2) is 0 Å². The van der Waals surface area contributed by atoms with E-state index in [1.807, 2.05) is 48.5 Å². The molecule has 5 nitrogen and oxygen atoms in total. The van der Waals surface area contributed by atoms with Gasteiger partial charge in [-0.15, -0.1) is 0 Å². The van der Waals surface area contributed by atoms with Crippen molar-refractivity contribution in [2.75, 3.05) is 14.2 Å². The molecule has 2 rings (SSSR count). The molecular weight excluding hydrogens is 294 g/mol. The monoisotopic (exact) mass is 313 g/mol. The molecule has 0 aliphatic carbocycles. The van der Waals surface area contributed by atoms with Gasteiger partial charge in [0.2, 0.25) is 0 Å². The zero-order valence-electron chi connectivity index (χ0n) is 13.4. The van der Waals surface area contributed by atoms with Gasteiger partial charge in [0, 0.05) is 13.3 Å². The Morgan fingerprint density at radius 2 is 1.43 bits per heavy atom. The summed E-state index contributed by atoms with van der Waals surface area (Å²) >= 11 is 0. The minimum Gasteiger partial charge on any atom is -0.497 e. The van der Waals surface area contributed by atoms with Crippen molar-refractivity contribution >= 4 is 11.7 Å². The second kappa shape index (κ2) is 7.98. The zero-order chi connectivity index (χ0) is 16.7. The van der Waals surface area contributed by atoms with Gasteiger partial charge >= 0.3 is 5.97 Å². The van der Waals surface area contributed by atoms with Crippen LogP contribution in [-0.2, 0) is 16.1 Å². The van der Waals surface area contributed by atoms with Crippen LogP contribution in [0.4, 0.5) is 0 Å². The number of hydrogen-bond donors (Lipinski definition) is 0. The fourth-order valence-corrected chi connectivity index (χ4v) is 2.03. The van der Waals surface area contributed by atoms with Crippen LogP contribution in [0.15, 0.2) is 53.7 Å². The lowest BCUT2D eigenvalue weighted by atomic mass is 10.0. The molecule has 23 heavy (non-hydrogen) atoms. The molecule has 0 saturated heterocycles. The number of carbonyl (C=O) groups is 1. The molecule has 5 heteroatoms. The lowest BCUT2D eigenvalue weighted by molar-refractivity contribution is -0.140. The van der Waals surface area contributed by atoms with E-state index in [1.54, 1.807) is 14.2 Å². The van der Waals surface area contributed by atoms with Crippen LogP contribution in [0.5, 0.6) is 11.5 Å². The topological polar surface area (TPSA) is 57.1 Å². The van der Waals surface area contributed by atoms with Gasteiger partial charge in [-0.25, -0.2) is 4.79 Å². The Balaban J connectivity index is 2.25. The lowest BCUT2D eigenvalue weighted by Crippen LogP contribution is -2.08. The first-order chi connectivity index (χ1) is 11.1. The molecule has 0 heterocycles. The van der Waals surface area contributed by atoms with E-state index < -0.39 is 5.97 Å². The maximum atomic E-state index is 11.1. The average Bonchev–Trinajstić information content (AvgIpc) is 2.59. The van der Waals surface area contributed by atoms with E-state index in [1.165, 1.54) is 6.92 Å². The highest BCUT2D eigenvalue weighted by atomic mass is 16.7. The fraction of sp³-hybridized carbons (Fsp3) is 0.222. The first-order valence-corrected chi connectivity index (χ1v) is 7.14. The van der Waals surface area contributed by atoms with Crippen molar-refractivity contribution in [2.45, 2.75) is 13.3 Å². The van der Waals surface area contributed by atoms with Crippen molar-refractivity contribution in [1.82, 2.24) is 0 Å². The van der Waals surface area contributed by atoms with E-state index in [9.17, 15) is 4.79 Å². The van der Waals surface area contributed by atoms with Gasteiger partial charge in [-0.3, -0.25) is 0 Å². The molecule has 0 aliphatic heterocycles. The van der Waals surface area contributed by atoms with E-state index in [4.69, 9.17) is 14.3 Å². The van der Waals surface area contributed by atoms with Gasteiger partial charge in [0.25, 0.3) is 0 Å². The molecule has 0 fully saturated rings. The zero-order valence-corrected chi connectivity index (χ0v) is 13.4. The Morgan fingerprint density at radius 1 is 0.913 bits per heavy atom. The van der Waals surface area contributed by atoms with Crippen LogP contribution in [-0.4, -0.2) is 25.9 Å². The molecule has 2 aromatic carbocycles. The highest BCUT2D eigenvalue weighted by Gasteiger charge is 2.08. The summed E-state index contributed by atoms with van der Waals surface area (Å²) in [6, 6.07) is 15.1. The average molecular weight is 313 g/mol. The van der Waals surface area contributed by atoms with E-state index in [-0.39, 0.29) is 0 Å². The van der Waals surface area contributed by atoms with Crippen LogP contribution >= 0.6 is 0 Å². The van der Waals surface area contributed by atoms with E-state index in [0.29, 0.717) is 12.1 Å². The van der Waals surface area contributed by atoms with Gasteiger partial charge in [-0.1, -0.05) is 17.3 Å². The number of benzene rings is 2. The number of hydrogen-bond acceptors (Lipinski definition) is 5. The second-order valence-corrected chi connectivity index (χ2v) is 4.87. The molecule has 0 unspecified atom stereocenters. The van der Waals surface area contributed by atoms with Crippen molar-refractivity contribution < 1.29 is 19.1 Å². The second-order valence-electron chi connectivity index (χ2n) is 4.87.